The Labute approximate surface area is 200 Å². The molecule has 1 atom stereocenters. The van der Waals surface area contributed by atoms with E-state index in [0.29, 0.717) is 23.4 Å². The first-order valence-electron chi connectivity index (χ1n) is 11.0. The molecule has 170 valence electrons. The van der Waals surface area contributed by atoms with Crippen molar-refractivity contribution in [3.63, 3.8) is 0 Å². The number of piperidine rings is 1. The summed E-state index contributed by atoms with van der Waals surface area (Å²) in [5.41, 5.74) is 1.94. The predicted molar refractivity (Wildman–Crippen MR) is 132 cm³/mol. The van der Waals surface area contributed by atoms with Gasteiger partial charge in [0, 0.05) is 25.6 Å². The average molecular weight is 480 g/mol. The number of carbonyl (C=O) groups excluding carboxylic acids is 1. The first kappa shape index (κ1) is 21.9. The zero-order valence-corrected chi connectivity index (χ0v) is 20.1. The van der Waals surface area contributed by atoms with Gasteiger partial charge in [-0.05, 0) is 38.0 Å². The second-order valence-corrected chi connectivity index (χ2v) is 10.1. The number of aromatic nitrogens is 4. The van der Waals surface area contributed by atoms with Crippen molar-refractivity contribution in [2.24, 2.45) is 0 Å². The standard InChI is InChI=1S/C24H25N5O2S2/c1-3-11-29-22(18-10-13-31-16(18)2)26-27-24(29)32-15-21(30)28-12-6-7-17(14-28)23-25-19-8-4-5-9-20(19)33-23/h3-5,8-10,13,17H,1,6-7,11-12,14-15H2,2H3. The number of thiazole rings is 1. The van der Waals surface area contributed by atoms with E-state index in [9.17, 15) is 4.79 Å². The Balaban J connectivity index is 1.26. The highest BCUT2D eigenvalue weighted by atomic mass is 32.2. The summed E-state index contributed by atoms with van der Waals surface area (Å²) >= 11 is 3.17. The number of aryl methyl sites for hydroxylation is 1. The highest BCUT2D eigenvalue weighted by molar-refractivity contribution is 7.99. The summed E-state index contributed by atoms with van der Waals surface area (Å²) in [6, 6.07) is 10.1. The molecule has 0 bridgehead atoms. The molecule has 1 unspecified atom stereocenters. The summed E-state index contributed by atoms with van der Waals surface area (Å²) in [5.74, 6) is 2.26. The normalized spacial score (nSPS) is 16.4. The van der Waals surface area contributed by atoms with Crippen molar-refractivity contribution in [2.45, 2.75) is 37.4 Å². The van der Waals surface area contributed by atoms with Crippen LogP contribution in [-0.2, 0) is 11.3 Å². The van der Waals surface area contributed by atoms with Gasteiger partial charge in [-0.2, -0.15) is 0 Å². The van der Waals surface area contributed by atoms with E-state index >= 15 is 0 Å². The monoisotopic (exact) mass is 479 g/mol. The van der Waals surface area contributed by atoms with Crippen LogP contribution in [0.5, 0.6) is 0 Å². The van der Waals surface area contributed by atoms with Crippen LogP contribution in [0.2, 0.25) is 0 Å². The molecule has 0 spiro atoms. The number of allylic oxidation sites excluding steroid dienone is 1. The molecule has 0 saturated carbocycles. The van der Waals surface area contributed by atoms with E-state index in [1.165, 1.54) is 16.5 Å². The molecule has 1 aromatic carbocycles. The van der Waals surface area contributed by atoms with Gasteiger partial charge in [-0.25, -0.2) is 4.98 Å². The number of carbonyl (C=O) groups is 1. The number of amides is 1. The fourth-order valence-corrected chi connectivity index (χ4v) is 6.14. The number of fused-ring (bicyclic) bond motifs is 1. The molecule has 0 aliphatic carbocycles. The minimum absolute atomic E-state index is 0.125. The Morgan fingerprint density at radius 1 is 1.33 bits per heavy atom. The average Bonchev–Trinajstić information content (AvgIpc) is 3.56. The van der Waals surface area contributed by atoms with Crippen LogP contribution in [0.25, 0.3) is 21.6 Å². The number of nitrogens with zero attached hydrogens (tertiary/aromatic N) is 5. The molecular formula is C24H25N5O2S2. The van der Waals surface area contributed by atoms with Crippen LogP contribution < -0.4 is 0 Å². The van der Waals surface area contributed by atoms with E-state index in [0.717, 1.165) is 53.6 Å². The highest BCUT2D eigenvalue weighted by Crippen LogP contribution is 2.33. The largest absolute Gasteiger partial charge is 0.469 e. The van der Waals surface area contributed by atoms with Gasteiger partial charge < -0.3 is 9.32 Å². The predicted octanol–water partition coefficient (Wildman–Crippen LogP) is 5.14. The maximum Gasteiger partial charge on any atom is 0.233 e. The lowest BCUT2D eigenvalue weighted by Gasteiger charge is -2.31. The topological polar surface area (TPSA) is 77.1 Å². The van der Waals surface area contributed by atoms with E-state index in [-0.39, 0.29) is 5.91 Å². The van der Waals surface area contributed by atoms with Gasteiger partial charge in [-0.1, -0.05) is 30.0 Å². The smallest absolute Gasteiger partial charge is 0.233 e. The molecule has 1 aliphatic heterocycles. The maximum atomic E-state index is 13.1. The van der Waals surface area contributed by atoms with E-state index in [4.69, 9.17) is 9.40 Å². The highest BCUT2D eigenvalue weighted by Gasteiger charge is 2.27. The third-order valence-electron chi connectivity index (χ3n) is 5.89. The lowest BCUT2D eigenvalue weighted by Crippen LogP contribution is -2.40. The Bertz CT molecular complexity index is 1260. The molecule has 4 heterocycles. The molecule has 1 amide bonds. The maximum absolute atomic E-state index is 13.1. The van der Waals surface area contributed by atoms with Gasteiger partial charge in [0.05, 0.1) is 32.8 Å². The van der Waals surface area contributed by atoms with Crippen LogP contribution >= 0.6 is 23.1 Å². The summed E-state index contributed by atoms with van der Waals surface area (Å²) < 4.78 is 8.61. The molecule has 7 nitrogen and oxygen atoms in total. The summed E-state index contributed by atoms with van der Waals surface area (Å²) in [6.07, 6.45) is 5.51. The van der Waals surface area contributed by atoms with Crippen molar-refractivity contribution < 1.29 is 9.21 Å². The zero-order valence-electron chi connectivity index (χ0n) is 18.4. The molecule has 5 rings (SSSR count). The Hall–Kier alpha value is -2.91. The number of likely N-dealkylation sites (tertiary alicyclic amines) is 1. The Morgan fingerprint density at radius 3 is 3.00 bits per heavy atom. The Kier molecular flexibility index (Phi) is 6.32. The fraction of sp³-hybridized carbons (Fsp3) is 0.333. The lowest BCUT2D eigenvalue weighted by molar-refractivity contribution is -0.129. The van der Waals surface area contributed by atoms with Crippen LogP contribution in [0.15, 0.2) is 58.8 Å². The third kappa shape index (κ3) is 4.47. The minimum Gasteiger partial charge on any atom is -0.469 e. The van der Waals surface area contributed by atoms with Crippen LogP contribution in [0, 0.1) is 6.92 Å². The minimum atomic E-state index is 0.125. The van der Waals surface area contributed by atoms with Gasteiger partial charge in [-0.3, -0.25) is 9.36 Å². The van der Waals surface area contributed by atoms with Gasteiger partial charge in [0.25, 0.3) is 0 Å². The van der Waals surface area contributed by atoms with Crippen LogP contribution in [0.4, 0.5) is 0 Å². The van der Waals surface area contributed by atoms with Crippen LogP contribution in [-0.4, -0.2) is 49.4 Å². The molecule has 1 saturated heterocycles. The van der Waals surface area contributed by atoms with E-state index in [2.05, 4.69) is 28.9 Å². The van der Waals surface area contributed by atoms with Gasteiger partial charge in [0.2, 0.25) is 5.91 Å². The molecular weight excluding hydrogens is 454 g/mol. The number of hydrogen-bond donors (Lipinski definition) is 0. The second kappa shape index (κ2) is 9.52. The van der Waals surface area contributed by atoms with Crippen molar-refractivity contribution in [3.05, 3.63) is 60.0 Å². The number of benzene rings is 1. The zero-order chi connectivity index (χ0) is 22.8. The molecule has 1 aliphatic rings. The number of para-hydroxylation sites is 1. The second-order valence-electron chi connectivity index (χ2n) is 8.08. The van der Waals surface area contributed by atoms with Gasteiger partial charge in [0.15, 0.2) is 11.0 Å². The molecule has 9 heteroatoms. The van der Waals surface area contributed by atoms with Crippen molar-refractivity contribution in [1.29, 1.82) is 0 Å². The summed E-state index contributed by atoms with van der Waals surface area (Å²) in [4.78, 5) is 19.9. The lowest BCUT2D eigenvalue weighted by atomic mass is 9.99. The molecule has 0 N–H and O–H groups in total. The van der Waals surface area contributed by atoms with E-state index in [1.54, 1.807) is 23.7 Å². The third-order valence-corrected chi connectivity index (χ3v) is 8.04. The number of furan rings is 1. The SMILES string of the molecule is C=CCn1c(SCC(=O)N2CCCC(c3nc4ccccc4s3)C2)nnc1-c1ccoc1C. The van der Waals surface area contributed by atoms with Crippen molar-refractivity contribution in [3.8, 4) is 11.4 Å². The summed E-state index contributed by atoms with van der Waals surface area (Å²) in [5, 5.41) is 10.5. The number of rotatable bonds is 7. The van der Waals surface area contributed by atoms with Gasteiger partial charge >= 0.3 is 0 Å². The molecule has 4 aromatic rings. The molecule has 33 heavy (non-hydrogen) atoms. The Morgan fingerprint density at radius 2 is 2.21 bits per heavy atom. The first-order chi connectivity index (χ1) is 16.1. The first-order valence-corrected chi connectivity index (χ1v) is 12.8. The summed E-state index contributed by atoms with van der Waals surface area (Å²) in [7, 11) is 0. The van der Waals surface area contributed by atoms with Crippen molar-refractivity contribution in [1.82, 2.24) is 24.6 Å². The van der Waals surface area contributed by atoms with E-state index < -0.39 is 0 Å². The van der Waals surface area contributed by atoms with E-state index in [1.807, 2.05) is 34.6 Å². The number of hydrogen-bond acceptors (Lipinski definition) is 7. The number of thioether (sulfide) groups is 1. The fourth-order valence-electron chi connectivity index (χ4n) is 4.19. The van der Waals surface area contributed by atoms with Crippen molar-refractivity contribution in [2.75, 3.05) is 18.8 Å². The van der Waals surface area contributed by atoms with Gasteiger partial charge in [-0.15, -0.1) is 28.1 Å². The van der Waals surface area contributed by atoms with Gasteiger partial charge in [0.1, 0.15) is 5.76 Å². The molecule has 1 fully saturated rings. The molecule has 0 radical (unpaired) electrons. The summed E-state index contributed by atoms with van der Waals surface area (Å²) in [6.45, 7) is 7.83. The van der Waals surface area contributed by atoms with Crippen molar-refractivity contribution >= 4 is 39.2 Å². The molecule has 3 aromatic heterocycles. The quantitative estimate of drug-likeness (QED) is 0.270. The van der Waals surface area contributed by atoms with Crippen LogP contribution in [0.3, 0.4) is 0 Å². The van der Waals surface area contributed by atoms with Crippen LogP contribution in [0.1, 0.15) is 29.5 Å².